The van der Waals surface area contributed by atoms with Crippen LogP contribution in [0, 0.1) is 5.82 Å². The summed E-state index contributed by atoms with van der Waals surface area (Å²) in [4.78, 5) is 0. The van der Waals surface area contributed by atoms with Crippen LogP contribution in [-0.4, -0.2) is 7.11 Å². The minimum Gasteiger partial charge on any atom is -0.494 e. The van der Waals surface area contributed by atoms with Gasteiger partial charge in [-0.1, -0.05) is 0 Å². The number of nitrogen functional groups attached to an aromatic ring is 1. The first-order valence-electron chi connectivity index (χ1n) is 3.73. The maximum atomic E-state index is 13.2. The summed E-state index contributed by atoms with van der Waals surface area (Å²) in [6.07, 6.45) is 0. The van der Waals surface area contributed by atoms with E-state index < -0.39 is 0 Å². The maximum absolute atomic E-state index is 13.2. The summed E-state index contributed by atoms with van der Waals surface area (Å²) in [6.45, 7) is 0. The zero-order chi connectivity index (χ0) is 9.42. The summed E-state index contributed by atoms with van der Waals surface area (Å²) in [7, 11) is 1.49. The monoisotopic (exact) mass is 197 g/mol. The Hall–Kier alpha value is -1.29. The lowest BCUT2D eigenvalue weighted by Crippen LogP contribution is -1.92. The number of nitrogens with two attached hydrogens (primary N) is 1. The highest BCUT2D eigenvalue weighted by atomic mass is 32.1. The molecular formula is C9H8FNOS. The summed E-state index contributed by atoms with van der Waals surface area (Å²) < 4.78 is 19.1. The predicted octanol–water partition coefficient (Wildman–Crippen LogP) is 2.63. The van der Waals surface area contributed by atoms with E-state index in [0.717, 1.165) is 4.70 Å². The lowest BCUT2D eigenvalue weighted by Gasteiger charge is -2.04. The highest BCUT2D eigenvalue weighted by Gasteiger charge is 2.11. The number of methoxy groups -OCH3 is 1. The third-order valence-electron chi connectivity index (χ3n) is 1.88. The molecule has 13 heavy (non-hydrogen) atoms. The Balaban J connectivity index is 2.88. The maximum Gasteiger partial charge on any atom is 0.153 e. The molecule has 2 nitrogen and oxygen atoms in total. The molecule has 0 saturated carbocycles. The van der Waals surface area contributed by atoms with E-state index in [1.165, 1.54) is 23.8 Å². The van der Waals surface area contributed by atoms with Crippen LogP contribution in [0.5, 0.6) is 5.75 Å². The Morgan fingerprint density at radius 2 is 2.23 bits per heavy atom. The second-order valence-corrected chi connectivity index (χ2v) is 3.56. The van der Waals surface area contributed by atoms with Gasteiger partial charge in [0.15, 0.2) is 5.75 Å². The first kappa shape index (κ1) is 8.31. The summed E-state index contributed by atoms with van der Waals surface area (Å²) in [5.41, 5.74) is 6.10. The van der Waals surface area contributed by atoms with Gasteiger partial charge in [0.2, 0.25) is 0 Å². The van der Waals surface area contributed by atoms with Crippen molar-refractivity contribution in [2.24, 2.45) is 0 Å². The van der Waals surface area contributed by atoms with Crippen molar-refractivity contribution < 1.29 is 9.13 Å². The molecule has 0 radical (unpaired) electrons. The van der Waals surface area contributed by atoms with Crippen molar-refractivity contribution in [3.05, 3.63) is 23.3 Å². The van der Waals surface area contributed by atoms with Crippen LogP contribution in [-0.2, 0) is 0 Å². The van der Waals surface area contributed by atoms with Crippen LogP contribution >= 0.6 is 11.3 Å². The smallest absolute Gasteiger partial charge is 0.153 e. The van der Waals surface area contributed by atoms with Gasteiger partial charge in [-0.05, 0) is 12.1 Å². The second-order valence-electron chi connectivity index (χ2n) is 2.64. The minimum absolute atomic E-state index is 0.274. The summed E-state index contributed by atoms with van der Waals surface area (Å²) in [6, 6.07) is 3.51. The molecule has 1 aromatic heterocycles. The Kier molecular flexibility index (Phi) is 1.84. The van der Waals surface area contributed by atoms with Crippen LogP contribution in [0.3, 0.4) is 0 Å². The Bertz CT molecular complexity index is 452. The minimum atomic E-state index is -0.274. The first-order chi connectivity index (χ1) is 6.24. The molecule has 0 atom stereocenters. The van der Waals surface area contributed by atoms with Gasteiger partial charge in [0, 0.05) is 10.1 Å². The van der Waals surface area contributed by atoms with Gasteiger partial charge in [0.25, 0.3) is 0 Å². The molecule has 2 aromatic rings. The van der Waals surface area contributed by atoms with Crippen LogP contribution in [0.25, 0.3) is 10.1 Å². The molecule has 0 saturated heterocycles. The highest BCUT2D eigenvalue weighted by Crippen LogP contribution is 2.36. The lowest BCUT2D eigenvalue weighted by molar-refractivity contribution is 0.420. The highest BCUT2D eigenvalue weighted by molar-refractivity contribution is 7.17. The quantitative estimate of drug-likeness (QED) is 0.713. The van der Waals surface area contributed by atoms with Crippen LogP contribution in [0.2, 0.25) is 0 Å². The van der Waals surface area contributed by atoms with Crippen molar-refractivity contribution in [2.45, 2.75) is 0 Å². The summed E-state index contributed by atoms with van der Waals surface area (Å²) >= 11 is 1.34. The van der Waals surface area contributed by atoms with Crippen LogP contribution in [0.1, 0.15) is 0 Å². The van der Waals surface area contributed by atoms with Gasteiger partial charge in [0.1, 0.15) is 5.82 Å². The van der Waals surface area contributed by atoms with E-state index in [9.17, 15) is 4.39 Å². The topological polar surface area (TPSA) is 35.2 Å². The number of thiophene rings is 1. The number of halogens is 1. The van der Waals surface area contributed by atoms with Gasteiger partial charge in [-0.2, -0.15) is 0 Å². The Morgan fingerprint density at radius 3 is 2.92 bits per heavy atom. The molecular weight excluding hydrogens is 189 g/mol. The third kappa shape index (κ3) is 1.14. The zero-order valence-corrected chi connectivity index (χ0v) is 7.82. The van der Waals surface area contributed by atoms with E-state index in [1.54, 1.807) is 12.1 Å². The van der Waals surface area contributed by atoms with Crippen molar-refractivity contribution in [2.75, 3.05) is 12.8 Å². The normalized spacial score (nSPS) is 10.6. The van der Waals surface area contributed by atoms with Crippen LogP contribution < -0.4 is 10.5 Å². The Morgan fingerprint density at radius 1 is 1.46 bits per heavy atom. The molecule has 0 aliphatic carbocycles. The molecule has 2 rings (SSSR count). The van der Waals surface area contributed by atoms with E-state index in [1.807, 2.05) is 0 Å². The number of rotatable bonds is 1. The molecule has 0 aliphatic rings. The van der Waals surface area contributed by atoms with Gasteiger partial charge in [0.05, 0.1) is 18.2 Å². The van der Waals surface area contributed by atoms with E-state index in [2.05, 4.69) is 0 Å². The van der Waals surface area contributed by atoms with Gasteiger partial charge < -0.3 is 10.5 Å². The number of benzene rings is 1. The molecule has 68 valence electrons. The van der Waals surface area contributed by atoms with E-state index in [-0.39, 0.29) is 5.82 Å². The van der Waals surface area contributed by atoms with Crippen molar-refractivity contribution >= 4 is 27.1 Å². The van der Waals surface area contributed by atoms with Crippen molar-refractivity contribution in [3.8, 4) is 5.75 Å². The van der Waals surface area contributed by atoms with Crippen LogP contribution in [0.15, 0.2) is 17.5 Å². The number of fused-ring (bicyclic) bond motifs is 1. The third-order valence-corrected chi connectivity index (χ3v) is 2.80. The van der Waals surface area contributed by atoms with E-state index >= 15 is 0 Å². The number of ether oxygens (including phenoxy) is 1. The van der Waals surface area contributed by atoms with Crippen molar-refractivity contribution in [3.63, 3.8) is 0 Å². The summed E-state index contributed by atoms with van der Waals surface area (Å²) in [5, 5.41) is 1.93. The SMILES string of the molecule is COc1c(N)ccc2scc(F)c12. The van der Waals surface area contributed by atoms with Crippen molar-refractivity contribution in [1.29, 1.82) is 0 Å². The lowest BCUT2D eigenvalue weighted by atomic mass is 10.2. The van der Waals surface area contributed by atoms with Gasteiger partial charge in [-0.3, -0.25) is 0 Å². The number of hydrogen-bond donors (Lipinski definition) is 1. The molecule has 0 amide bonds. The molecule has 0 fully saturated rings. The zero-order valence-electron chi connectivity index (χ0n) is 7.00. The van der Waals surface area contributed by atoms with Gasteiger partial charge in [-0.25, -0.2) is 4.39 Å². The fourth-order valence-corrected chi connectivity index (χ4v) is 2.10. The molecule has 0 bridgehead atoms. The standard InChI is InChI=1S/C9H8FNOS/c1-12-9-6(11)2-3-7-8(9)5(10)4-13-7/h2-4H,11H2,1H3. The van der Waals surface area contributed by atoms with E-state index in [4.69, 9.17) is 10.5 Å². The number of anilines is 1. The molecule has 0 spiro atoms. The molecule has 1 aromatic carbocycles. The fraction of sp³-hybridized carbons (Fsp3) is 0.111. The summed E-state index contributed by atoms with van der Waals surface area (Å²) in [5.74, 6) is 0.153. The van der Waals surface area contributed by atoms with Gasteiger partial charge >= 0.3 is 0 Å². The molecule has 1 heterocycles. The fourth-order valence-electron chi connectivity index (χ4n) is 1.30. The Labute approximate surface area is 78.7 Å². The van der Waals surface area contributed by atoms with Crippen molar-refractivity contribution in [1.82, 2.24) is 0 Å². The molecule has 0 aliphatic heterocycles. The average molecular weight is 197 g/mol. The van der Waals surface area contributed by atoms with E-state index in [0.29, 0.717) is 16.8 Å². The molecule has 0 unspecified atom stereocenters. The predicted molar refractivity (Wildman–Crippen MR) is 52.7 cm³/mol. The second kappa shape index (κ2) is 2.88. The van der Waals surface area contributed by atoms with Crippen LogP contribution in [0.4, 0.5) is 10.1 Å². The molecule has 2 N–H and O–H groups in total. The van der Waals surface area contributed by atoms with Gasteiger partial charge in [-0.15, -0.1) is 11.3 Å². The molecule has 4 heteroatoms. The first-order valence-corrected chi connectivity index (χ1v) is 4.61. The average Bonchev–Trinajstić information content (AvgIpc) is 2.49. The number of hydrogen-bond acceptors (Lipinski definition) is 3. The largest absolute Gasteiger partial charge is 0.494 e.